The fourth-order valence-corrected chi connectivity index (χ4v) is 4.57. The molecule has 4 rings (SSSR count). The van der Waals surface area contributed by atoms with Crippen LogP contribution in [0.5, 0.6) is 5.88 Å². The Morgan fingerprint density at radius 2 is 1.45 bits per heavy atom. The molecule has 0 aromatic carbocycles. The van der Waals surface area contributed by atoms with Crippen molar-refractivity contribution >= 4 is 12.2 Å². The van der Waals surface area contributed by atoms with E-state index in [-0.39, 0.29) is 35.2 Å². The first kappa shape index (κ1) is 19.5. The van der Waals surface area contributed by atoms with E-state index in [1.54, 1.807) is 18.5 Å². The molecule has 2 aromatic rings. The largest absolute Gasteiger partial charge is 0.494 e. The van der Waals surface area contributed by atoms with E-state index in [9.17, 15) is 14.7 Å². The standard InChI is InChI=1S/C21H27N5O3/c27-18-17(14-24-20-22-12-7-13-23-20)19(28)26(16-10-5-2-6-11-16)21(29)25(18)15-8-3-1-4-9-15/h7,12-16,27H,1-6,8-11H2/b24-14+. The lowest BCUT2D eigenvalue weighted by atomic mass is 9.94. The Labute approximate surface area is 169 Å². The molecule has 0 aliphatic heterocycles. The van der Waals surface area contributed by atoms with Gasteiger partial charge in [0.1, 0.15) is 5.56 Å². The van der Waals surface area contributed by atoms with Crippen molar-refractivity contribution in [1.82, 2.24) is 19.1 Å². The molecule has 0 bridgehead atoms. The highest BCUT2D eigenvalue weighted by Gasteiger charge is 2.28. The maximum Gasteiger partial charge on any atom is 0.334 e. The Balaban J connectivity index is 1.85. The van der Waals surface area contributed by atoms with Crippen LogP contribution in [0.1, 0.15) is 81.9 Å². The zero-order chi connectivity index (χ0) is 20.2. The average Bonchev–Trinajstić information content (AvgIpc) is 2.76. The fraction of sp³-hybridized carbons (Fsp3) is 0.571. The lowest BCUT2D eigenvalue weighted by Crippen LogP contribution is -2.45. The molecule has 0 unspecified atom stereocenters. The summed E-state index contributed by atoms with van der Waals surface area (Å²) in [5.74, 6) is -0.0930. The summed E-state index contributed by atoms with van der Waals surface area (Å²) < 4.78 is 2.79. The lowest BCUT2D eigenvalue weighted by molar-refractivity contribution is 0.271. The molecule has 2 saturated carbocycles. The molecular weight excluding hydrogens is 370 g/mol. The van der Waals surface area contributed by atoms with Crippen molar-refractivity contribution in [1.29, 1.82) is 0 Å². The monoisotopic (exact) mass is 397 g/mol. The van der Waals surface area contributed by atoms with Crippen LogP contribution in [-0.2, 0) is 0 Å². The first-order valence-corrected chi connectivity index (χ1v) is 10.6. The van der Waals surface area contributed by atoms with Gasteiger partial charge in [0.25, 0.3) is 5.56 Å². The molecule has 2 fully saturated rings. The van der Waals surface area contributed by atoms with Crippen molar-refractivity contribution in [3.63, 3.8) is 0 Å². The summed E-state index contributed by atoms with van der Waals surface area (Å²) in [4.78, 5) is 38.8. The van der Waals surface area contributed by atoms with Gasteiger partial charge in [-0.25, -0.2) is 19.8 Å². The summed E-state index contributed by atoms with van der Waals surface area (Å²) >= 11 is 0. The van der Waals surface area contributed by atoms with E-state index in [0.29, 0.717) is 0 Å². The zero-order valence-corrected chi connectivity index (χ0v) is 16.5. The summed E-state index contributed by atoms with van der Waals surface area (Å²) in [5.41, 5.74) is -0.834. The van der Waals surface area contributed by atoms with Gasteiger partial charge >= 0.3 is 5.69 Å². The fourth-order valence-electron chi connectivity index (χ4n) is 4.57. The molecule has 8 nitrogen and oxygen atoms in total. The summed E-state index contributed by atoms with van der Waals surface area (Å²) in [6, 6.07) is 1.46. The number of aliphatic imine (C=N–C) groups is 1. The quantitative estimate of drug-likeness (QED) is 0.798. The molecule has 0 saturated heterocycles. The Kier molecular flexibility index (Phi) is 5.87. The first-order valence-electron chi connectivity index (χ1n) is 10.6. The highest BCUT2D eigenvalue weighted by atomic mass is 16.3. The van der Waals surface area contributed by atoms with Crippen molar-refractivity contribution < 1.29 is 5.11 Å². The highest BCUT2D eigenvalue weighted by molar-refractivity contribution is 5.83. The van der Waals surface area contributed by atoms with E-state index in [0.717, 1.165) is 64.2 Å². The molecule has 2 aliphatic rings. The van der Waals surface area contributed by atoms with E-state index in [1.165, 1.54) is 15.3 Å². The minimum absolute atomic E-state index is 0.0354. The molecule has 2 aromatic heterocycles. The van der Waals surface area contributed by atoms with E-state index < -0.39 is 5.56 Å². The van der Waals surface area contributed by atoms with Crippen LogP contribution >= 0.6 is 0 Å². The third-order valence-corrected chi connectivity index (χ3v) is 6.07. The molecule has 2 aliphatic carbocycles. The lowest BCUT2D eigenvalue weighted by Gasteiger charge is -2.29. The van der Waals surface area contributed by atoms with Crippen LogP contribution in [0.4, 0.5) is 5.95 Å². The Hall–Kier alpha value is -2.77. The molecule has 8 heteroatoms. The summed E-state index contributed by atoms with van der Waals surface area (Å²) in [6.45, 7) is 0. The van der Waals surface area contributed by atoms with Crippen molar-refractivity contribution in [3.05, 3.63) is 44.9 Å². The number of nitrogens with zero attached hydrogens (tertiary/aromatic N) is 5. The van der Waals surface area contributed by atoms with Gasteiger partial charge in [-0.1, -0.05) is 38.5 Å². The number of hydrogen-bond donors (Lipinski definition) is 1. The maximum atomic E-state index is 13.3. The Morgan fingerprint density at radius 1 is 0.897 bits per heavy atom. The molecule has 0 amide bonds. The van der Waals surface area contributed by atoms with Gasteiger partial charge in [-0.2, -0.15) is 0 Å². The van der Waals surface area contributed by atoms with Crippen molar-refractivity contribution in [2.75, 3.05) is 0 Å². The van der Waals surface area contributed by atoms with Gasteiger partial charge in [-0.05, 0) is 31.7 Å². The molecule has 29 heavy (non-hydrogen) atoms. The molecule has 1 N–H and O–H groups in total. The Bertz CT molecular complexity index is 984. The summed E-state index contributed by atoms with van der Waals surface area (Å²) in [6.07, 6.45) is 14.0. The second kappa shape index (κ2) is 8.71. The van der Waals surface area contributed by atoms with Crippen LogP contribution in [-0.4, -0.2) is 30.4 Å². The predicted molar refractivity (Wildman–Crippen MR) is 110 cm³/mol. The van der Waals surface area contributed by atoms with E-state index >= 15 is 0 Å². The number of rotatable bonds is 4. The molecule has 2 heterocycles. The van der Waals surface area contributed by atoms with Crippen LogP contribution < -0.4 is 11.2 Å². The first-order chi connectivity index (χ1) is 14.2. The van der Waals surface area contributed by atoms with Crippen molar-refractivity contribution in [3.8, 4) is 5.88 Å². The van der Waals surface area contributed by atoms with Gasteiger partial charge in [0, 0.05) is 30.7 Å². The highest BCUT2D eigenvalue weighted by Crippen LogP contribution is 2.31. The summed E-state index contributed by atoms with van der Waals surface area (Å²) in [7, 11) is 0. The smallest absolute Gasteiger partial charge is 0.334 e. The van der Waals surface area contributed by atoms with Gasteiger partial charge in [0.05, 0.1) is 0 Å². The van der Waals surface area contributed by atoms with Gasteiger partial charge in [0.15, 0.2) is 0 Å². The van der Waals surface area contributed by atoms with E-state index in [4.69, 9.17) is 0 Å². The third-order valence-electron chi connectivity index (χ3n) is 6.07. The molecule has 154 valence electrons. The van der Waals surface area contributed by atoms with E-state index in [2.05, 4.69) is 15.0 Å². The maximum absolute atomic E-state index is 13.3. The topological polar surface area (TPSA) is 102 Å². The van der Waals surface area contributed by atoms with Crippen molar-refractivity contribution in [2.24, 2.45) is 4.99 Å². The summed E-state index contributed by atoms with van der Waals surface area (Å²) in [5, 5.41) is 10.9. The van der Waals surface area contributed by atoms with Crippen molar-refractivity contribution in [2.45, 2.75) is 76.3 Å². The molecule has 0 atom stereocenters. The van der Waals surface area contributed by atoms with Gasteiger partial charge in [0.2, 0.25) is 11.8 Å². The SMILES string of the molecule is O=c1c(/C=N/c2ncccn2)c(O)n(C2CCCCC2)c(=O)n1C1CCCCC1. The van der Waals surface area contributed by atoms with E-state index in [1.807, 2.05) is 0 Å². The minimum atomic E-state index is -0.480. The zero-order valence-electron chi connectivity index (χ0n) is 16.5. The van der Waals surface area contributed by atoms with Crippen LogP contribution in [0.3, 0.4) is 0 Å². The van der Waals surface area contributed by atoms with Gasteiger partial charge in [-0.15, -0.1) is 0 Å². The van der Waals surface area contributed by atoms with Crippen LogP contribution in [0.15, 0.2) is 33.0 Å². The predicted octanol–water partition coefficient (Wildman–Crippen LogP) is 3.27. The second-order valence-electron chi connectivity index (χ2n) is 7.96. The average molecular weight is 397 g/mol. The van der Waals surface area contributed by atoms with Crippen LogP contribution in [0.2, 0.25) is 0 Å². The van der Waals surface area contributed by atoms with Crippen LogP contribution in [0.25, 0.3) is 0 Å². The molecular formula is C21H27N5O3. The normalized spacial score (nSPS) is 19.0. The number of aromatic hydroxyl groups is 1. The second-order valence-corrected chi connectivity index (χ2v) is 7.96. The minimum Gasteiger partial charge on any atom is -0.494 e. The molecule has 0 spiro atoms. The third kappa shape index (κ3) is 4.02. The van der Waals surface area contributed by atoms with Gasteiger partial charge < -0.3 is 5.11 Å². The number of hydrogen-bond acceptors (Lipinski definition) is 6. The molecule has 0 radical (unpaired) electrons. The van der Waals surface area contributed by atoms with Crippen LogP contribution in [0, 0.1) is 0 Å². The number of aromatic nitrogens is 4. The van der Waals surface area contributed by atoms with Gasteiger partial charge in [-0.3, -0.25) is 13.9 Å². The Morgan fingerprint density at radius 3 is 2.03 bits per heavy atom.